The van der Waals surface area contributed by atoms with Gasteiger partial charge in [0, 0.05) is 12.6 Å². The van der Waals surface area contributed by atoms with Crippen LogP contribution in [0.4, 0.5) is 4.79 Å². The summed E-state index contributed by atoms with van der Waals surface area (Å²) in [6, 6.07) is 8.95. The Morgan fingerprint density at radius 1 is 1.17 bits per heavy atom. The maximum absolute atomic E-state index is 12.0. The molecule has 0 bridgehead atoms. The van der Waals surface area contributed by atoms with E-state index in [1.807, 2.05) is 30.1 Å². The van der Waals surface area contributed by atoms with Crippen molar-refractivity contribution in [1.29, 1.82) is 0 Å². The highest BCUT2D eigenvalue weighted by Crippen LogP contribution is 2.09. The van der Waals surface area contributed by atoms with Gasteiger partial charge in [0.25, 0.3) is 0 Å². The summed E-state index contributed by atoms with van der Waals surface area (Å²) in [7, 11) is 3.65. The Hall–Kier alpha value is -1.88. The number of amides is 2. The second-order valence-corrected chi connectivity index (χ2v) is 4.61. The molecule has 2 rings (SSSR count). The average molecular weight is 247 g/mol. The van der Waals surface area contributed by atoms with Gasteiger partial charge in [0.05, 0.1) is 19.9 Å². The SMILES string of the molecule is CN1CN(C)C(=O)N(CC(=O)c2ccccc2)C1. The molecular weight excluding hydrogens is 230 g/mol. The number of hydrogen-bond donors (Lipinski definition) is 0. The summed E-state index contributed by atoms with van der Waals surface area (Å²) in [5.74, 6) is -0.0346. The molecule has 0 unspecified atom stereocenters. The Balaban J connectivity index is 2.05. The molecule has 5 heteroatoms. The number of carbonyl (C=O) groups is 2. The molecule has 1 heterocycles. The van der Waals surface area contributed by atoms with Crippen LogP contribution in [0.1, 0.15) is 10.4 Å². The first-order chi connectivity index (χ1) is 8.58. The second kappa shape index (κ2) is 5.18. The van der Waals surface area contributed by atoms with Crippen molar-refractivity contribution in [1.82, 2.24) is 14.7 Å². The number of hydrogen-bond acceptors (Lipinski definition) is 3. The minimum absolute atomic E-state index is 0.0346. The van der Waals surface area contributed by atoms with E-state index >= 15 is 0 Å². The van der Waals surface area contributed by atoms with E-state index in [1.165, 1.54) is 0 Å². The summed E-state index contributed by atoms with van der Waals surface area (Å²) in [5.41, 5.74) is 0.640. The van der Waals surface area contributed by atoms with Crippen molar-refractivity contribution in [2.75, 3.05) is 34.0 Å². The van der Waals surface area contributed by atoms with Crippen LogP contribution in [0.3, 0.4) is 0 Å². The lowest BCUT2D eigenvalue weighted by molar-refractivity contribution is 0.0549. The van der Waals surface area contributed by atoms with Gasteiger partial charge in [-0.15, -0.1) is 0 Å². The third-order valence-electron chi connectivity index (χ3n) is 2.89. The molecule has 1 fully saturated rings. The topological polar surface area (TPSA) is 43.9 Å². The molecule has 1 aliphatic rings. The van der Waals surface area contributed by atoms with Crippen LogP contribution in [0.25, 0.3) is 0 Å². The van der Waals surface area contributed by atoms with Gasteiger partial charge >= 0.3 is 6.03 Å². The van der Waals surface area contributed by atoms with E-state index in [-0.39, 0.29) is 18.4 Å². The van der Waals surface area contributed by atoms with E-state index in [0.717, 1.165) is 0 Å². The van der Waals surface area contributed by atoms with Crippen LogP contribution < -0.4 is 0 Å². The highest BCUT2D eigenvalue weighted by molar-refractivity contribution is 5.99. The Morgan fingerprint density at radius 2 is 1.83 bits per heavy atom. The predicted molar refractivity (Wildman–Crippen MR) is 68.1 cm³/mol. The van der Waals surface area contributed by atoms with Crippen molar-refractivity contribution in [2.24, 2.45) is 0 Å². The molecule has 1 aliphatic heterocycles. The third kappa shape index (κ3) is 2.68. The van der Waals surface area contributed by atoms with Gasteiger partial charge in [-0.1, -0.05) is 30.3 Å². The fraction of sp³-hybridized carbons (Fsp3) is 0.385. The monoisotopic (exact) mass is 247 g/mol. The van der Waals surface area contributed by atoms with Crippen LogP contribution in [-0.2, 0) is 0 Å². The van der Waals surface area contributed by atoms with Crippen molar-refractivity contribution >= 4 is 11.8 Å². The Labute approximate surface area is 107 Å². The van der Waals surface area contributed by atoms with E-state index < -0.39 is 0 Å². The zero-order chi connectivity index (χ0) is 13.1. The molecule has 1 aromatic rings. The van der Waals surface area contributed by atoms with E-state index in [9.17, 15) is 9.59 Å². The number of ketones is 1. The lowest BCUT2D eigenvalue weighted by Crippen LogP contribution is -2.56. The van der Waals surface area contributed by atoms with Crippen LogP contribution in [0, 0.1) is 0 Å². The van der Waals surface area contributed by atoms with Crippen LogP contribution in [0.15, 0.2) is 30.3 Å². The number of carbonyl (C=O) groups excluding carboxylic acids is 2. The molecule has 1 saturated heterocycles. The van der Waals surface area contributed by atoms with Gasteiger partial charge in [0.1, 0.15) is 0 Å². The van der Waals surface area contributed by atoms with Crippen LogP contribution in [-0.4, -0.2) is 60.5 Å². The highest BCUT2D eigenvalue weighted by atomic mass is 16.2. The molecule has 0 aromatic heterocycles. The molecule has 1 aromatic carbocycles. The number of urea groups is 1. The standard InChI is InChI=1S/C13H17N3O2/c1-14-9-15(2)13(18)16(10-14)8-12(17)11-6-4-3-5-7-11/h3-7H,8-10H2,1-2H3. The first-order valence-corrected chi connectivity index (χ1v) is 5.85. The summed E-state index contributed by atoms with van der Waals surface area (Å²) < 4.78 is 0. The molecule has 0 saturated carbocycles. The summed E-state index contributed by atoms with van der Waals surface area (Å²) in [6.07, 6.45) is 0. The van der Waals surface area contributed by atoms with Crippen LogP contribution >= 0.6 is 0 Å². The molecule has 0 atom stereocenters. The molecule has 0 radical (unpaired) electrons. The molecule has 0 spiro atoms. The summed E-state index contributed by atoms with van der Waals surface area (Å²) in [6.45, 7) is 1.20. The number of Topliss-reactive ketones (excluding diaryl/α,β-unsaturated/α-hetero) is 1. The quantitative estimate of drug-likeness (QED) is 0.751. The lowest BCUT2D eigenvalue weighted by atomic mass is 10.1. The van der Waals surface area contributed by atoms with Gasteiger partial charge in [-0.25, -0.2) is 4.79 Å². The van der Waals surface area contributed by atoms with Gasteiger partial charge in [0.15, 0.2) is 5.78 Å². The number of rotatable bonds is 3. The van der Waals surface area contributed by atoms with Crippen molar-refractivity contribution in [3.05, 3.63) is 35.9 Å². The van der Waals surface area contributed by atoms with Crippen molar-refractivity contribution < 1.29 is 9.59 Å². The van der Waals surface area contributed by atoms with Crippen LogP contribution in [0.2, 0.25) is 0 Å². The molecule has 0 aliphatic carbocycles. The van der Waals surface area contributed by atoms with Crippen LogP contribution in [0.5, 0.6) is 0 Å². The summed E-state index contributed by atoms with van der Waals surface area (Å²) in [5, 5.41) is 0. The van der Waals surface area contributed by atoms with E-state index in [2.05, 4.69) is 0 Å². The second-order valence-electron chi connectivity index (χ2n) is 4.61. The minimum Gasteiger partial charge on any atom is -0.315 e. The fourth-order valence-electron chi connectivity index (χ4n) is 2.07. The Morgan fingerprint density at radius 3 is 2.50 bits per heavy atom. The Bertz CT molecular complexity index is 447. The van der Waals surface area contributed by atoms with Gasteiger partial charge in [-0.3, -0.25) is 9.69 Å². The van der Waals surface area contributed by atoms with Gasteiger partial charge < -0.3 is 9.80 Å². The minimum atomic E-state index is -0.0996. The van der Waals surface area contributed by atoms with E-state index in [4.69, 9.17) is 0 Å². The normalized spacial score (nSPS) is 17.1. The molecule has 0 N–H and O–H groups in total. The third-order valence-corrected chi connectivity index (χ3v) is 2.89. The number of nitrogens with zero attached hydrogens (tertiary/aromatic N) is 3. The lowest BCUT2D eigenvalue weighted by Gasteiger charge is -2.38. The van der Waals surface area contributed by atoms with Crippen molar-refractivity contribution in [3.63, 3.8) is 0 Å². The zero-order valence-corrected chi connectivity index (χ0v) is 10.7. The molecule has 2 amide bonds. The first kappa shape index (κ1) is 12.6. The smallest absolute Gasteiger partial charge is 0.315 e. The average Bonchev–Trinajstić information content (AvgIpc) is 2.36. The highest BCUT2D eigenvalue weighted by Gasteiger charge is 2.27. The van der Waals surface area contributed by atoms with Gasteiger partial charge in [-0.2, -0.15) is 0 Å². The summed E-state index contributed by atoms with van der Waals surface area (Å²) in [4.78, 5) is 29.1. The maximum Gasteiger partial charge on any atom is 0.322 e. The molecule has 96 valence electrons. The van der Waals surface area contributed by atoms with Gasteiger partial charge in [0.2, 0.25) is 0 Å². The van der Waals surface area contributed by atoms with Gasteiger partial charge in [-0.05, 0) is 7.05 Å². The number of benzene rings is 1. The van der Waals surface area contributed by atoms with Crippen molar-refractivity contribution in [2.45, 2.75) is 0 Å². The maximum atomic E-state index is 12.0. The zero-order valence-electron chi connectivity index (χ0n) is 10.7. The van der Waals surface area contributed by atoms with E-state index in [1.54, 1.807) is 29.0 Å². The molecule has 18 heavy (non-hydrogen) atoms. The first-order valence-electron chi connectivity index (χ1n) is 5.85. The largest absolute Gasteiger partial charge is 0.322 e. The predicted octanol–water partition coefficient (Wildman–Crippen LogP) is 1.08. The Kier molecular flexibility index (Phi) is 3.62. The molecular formula is C13H17N3O2. The van der Waals surface area contributed by atoms with E-state index in [0.29, 0.717) is 18.9 Å². The van der Waals surface area contributed by atoms with Crippen molar-refractivity contribution in [3.8, 4) is 0 Å². The fourth-order valence-corrected chi connectivity index (χ4v) is 2.07. The summed E-state index contributed by atoms with van der Waals surface area (Å²) >= 11 is 0. The molecule has 5 nitrogen and oxygen atoms in total.